The summed E-state index contributed by atoms with van der Waals surface area (Å²) in [7, 11) is 0. The van der Waals surface area contributed by atoms with E-state index in [2.05, 4.69) is 12.2 Å². The Bertz CT molecular complexity index is 358. The van der Waals surface area contributed by atoms with Crippen LogP contribution in [0.1, 0.15) is 43.4 Å². The average molecular weight is 221 g/mol. The van der Waals surface area contributed by atoms with Gasteiger partial charge in [0, 0.05) is 11.6 Å². The highest BCUT2D eigenvalue weighted by Gasteiger charge is 2.29. The van der Waals surface area contributed by atoms with Gasteiger partial charge in [-0.2, -0.15) is 0 Å². The van der Waals surface area contributed by atoms with Gasteiger partial charge in [-0.05, 0) is 38.3 Å². The molecule has 0 heterocycles. The lowest BCUT2D eigenvalue weighted by Gasteiger charge is -2.35. The summed E-state index contributed by atoms with van der Waals surface area (Å²) in [4.78, 5) is 0. The number of hydrogen-bond donors (Lipinski definition) is 1. The smallest absolute Gasteiger partial charge is 0.128 e. The Hall–Kier alpha value is -0.890. The van der Waals surface area contributed by atoms with E-state index in [0.29, 0.717) is 5.92 Å². The summed E-state index contributed by atoms with van der Waals surface area (Å²) in [6.07, 6.45) is 3.75. The first-order chi connectivity index (χ1) is 7.72. The van der Waals surface area contributed by atoms with Crippen LogP contribution in [-0.2, 0) is 0 Å². The first kappa shape index (κ1) is 11.6. The van der Waals surface area contributed by atoms with Crippen LogP contribution in [0.5, 0.6) is 0 Å². The van der Waals surface area contributed by atoms with Gasteiger partial charge in [0.25, 0.3) is 0 Å². The van der Waals surface area contributed by atoms with E-state index < -0.39 is 0 Å². The van der Waals surface area contributed by atoms with Crippen LogP contribution in [0.15, 0.2) is 18.2 Å². The Balaban J connectivity index is 2.25. The lowest BCUT2D eigenvalue weighted by atomic mass is 9.77. The Kier molecular flexibility index (Phi) is 3.59. The van der Waals surface area contributed by atoms with Gasteiger partial charge in [0.05, 0.1) is 0 Å². The van der Waals surface area contributed by atoms with Gasteiger partial charge in [-0.1, -0.05) is 31.0 Å². The van der Waals surface area contributed by atoms with Gasteiger partial charge < -0.3 is 5.32 Å². The quantitative estimate of drug-likeness (QED) is 0.819. The van der Waals surface area contributed by atoms with Crippen LogP contribution in [0.25, 0.3) is 0 Å². The number of halogens is 1. The molecule has 0 bridgehead atoms. The van der Waals surface area contributed by atoms with Gasteiger partial charge in [-0.25, -0.2) is 4.39 Å². The lowest BCUT2D eigenvalue weighted by molar-refractivity contribution is 0.229. The van der Waals surface area contributed by atoms with Crippen LogP contribution in [0.2, 0.25) is 0 Å². The zero-order chi connectivity index (χ0) is 11.5. The van der Waals surface area contributed by atoms with E-state index >= 15 is 0 Å². The molecule has 0 spiro atoms. The van der Waals surface area contributed by atoms with E-state index in [-0.39, 0.29) is 11.9 Å². The first-order valence-electron chi connectivity index (χ1n) is 6.21. The third kappa shape index (κ3) is 2.27. The van der Waals surface area contributed by atoms with Crippen molar-refractivity contribution in [2.45, 2.75) is 39.2 Å². The molecular weight excluding hydrogens is 201 g/mol. The van der Waals surface area contributed by atoms with E-state index in [4.69, 9.17) is 0 Å². The van der Waals surface area contributed by atoms with Gasteiger partial charge in [-0.15, -0.1) is 0 Å². The van der Waals surface area contributed by atoms with Crippen LogP contribution in [0.3, 0.4) is 0 Å². The van der Waals surface area contributed by atoms with Crippen molar-refractivity contribution in [3.63, 3.8) is 0 Å². The van der Waals surface area contributed by atoms with E-state index in [9.17, 15) is 4.39 Å². The van der Waals surface area contributed by atoms with Crippen molar-refractivity contribution >= 4 is 0 Å². The Morgan fingerprint density at radius 1 is 1.44 bits per heavy atom. The molecular formula is C14H20FN. The van der Waals surface area contributed by atoms with Crippen LogP contribution in [-0.4, -0.2) is 6.54 Å². The number of hydrogen-bond acceptors (Lipinski definition) is 1. The second-order valence-electron chi connectivity index (χ2n) is 4.75. The molecule has 1 fully saturated rings. The molecule has 1 aromatic rings. The second kappa shape index (κ2) is 4.96. The predicted octanol–water partition coefficient (Wildman–Crippen LogP) is 3.58. The number of benzene rings is 1. The largest absolute Gasteiger partial charge is 0.310 e. The highest BCUT2D eigenvalue weighted by Crippen LogP contribution is 2.38. The highest BCUT2D eigenvalue weighted by atomic mass is 19.1. The van der Waals surface area contributed by atoms with Crippen molar-refractivity contribution in [2.24, 2.45) is 5.92 Å². The van der Waals surface area contributed by atoms with Crippen molar-refractivity contribution < 1.29 is 4.39 Å². The Morgan fingerprint density at radius 2 is 2.19 bits per heavy atom. The fourth-order valence-electron chi connectivity index (χ4n) is 2.43. The summed E-state index contributed by atoms with van der Waals surface area (Å²) >= 11 is 0. The molecule has 2 rings (SSSR count). The fraction of sp³-hybridized carbons (Fsp3) is 0.571. The summed E-state index contributed by atoms with van der Waals surface area (Å²) in [5.41, 5.74) is 1.99. The zero-order valence-corrected chi connectivity index (χ0v) is 10.1. The normalized spacial score (nSPS) is 18.2. The molecule has 0 radical (unpaired) electrons. The van der Waals surface area contributed by atoms with Crippen molar-refractivity contribution in [2.75, 3.05) is 6.54 Å². The van der Waals surface area contributed by atoms with Gasteiger partial charge in [0.1, 0.15) is 5.82 Å². The molecule has 1 atom stereocenters. The molecule has 88 valence electrons. The molecule has 0 saturated heterocycles. The van der Waals surface area contributed by atoms with Crippen LogP contribution in [0.4, 0.5) is 4.39 Å². The number of nitrogens with one attached hydrogen (secondary N) is 1. The van der Waals surface area contributed by atoms with E-state index in [1.807, 2.05) is 19.1 Å². The molecule has 1 unspecified atom stereocenters. The maximum absolute atomic E-state index is 13.8. The molecule has 1 nitrogen and oxygen atoms in total. The maximum atomic E-state index is 13.8. The van der Waals surface area contributed by atoms with E-state index in [1.165, 1.54) is 19.3 Å². The lowest BCUT2D eigenvalue weighted by Crippen LogP contribution is -2.32. The van der Waals surface area contributed by atoms with Crippen molar-refractivity contribution in [1.82, 2.24) is 5.32 Å². The molecule has 1 N–H and O–H groups in total. The standard InChI is InChI=1S/C14H20FN/c1-3-16-14(11-5-4-6-11)12-9-10(2)7-8-13(12)15/h7-9,11,14,16H,3-6H2,1-2H3. The van der Waals surface area contributed by atoms with Gasteiger partial charge in [0.15, 0.2) is 0 Å². The van der Waals surface area contributed by atoms with Crippen molar-refractivity contribution in [1.29, 1.82) is 0 Å². The van der Waals surface area contributed by atoms with Gasteiger partial charge in [0.2, 0.25) is 0 Å². The Labute approximate surface area is 97.1 Å². The fourth-order valence-corrected chi connectivity index (χ4v) is 2.43. The minimum atomic E-state index is -0.0663. The molecule has 0 amide bonds. The van der Waals surface area contributed by atoms with Crippen molar-refractivity contribution in [3.05, 3.63) is 35.1 Å². The van der Waals surface area contributed by atoms with Gasteiger partial charge in [-0.3, -0.25) is 0 Å². The van der Waals surface area contributed by atoms with Crippen LogP contribution in [0, 0.1) is 18.7 Å². The van der Waals surface area contributed by atoms with E-state index in [1.54, 1.807) is 6.07 Å². The van der Waals surface area contributed by atoms with Crippen molar-refractivity contribution in [3.8, 4) is 0 Å². The molecule has 0 aromatic heterocycles. The molecule has 1 aliphatic rings. The van der Waals surface area contributed by atoms with E-state index in [0.717, 1.165) is 17.7 Å². The Morgan fingerprint density at radius 3 is 2.75 bits per heavy atom. The summed E-state index contributed by atoms with van der Waals surface area (Å²) in [6, 6.07) is 5.62. The molecule has 0 aliphatic heterocycles. The SMILES string of the molecule is CCNC(c1cc(C)ccc1F)C1CCC1. The van der Waals surface area contributed by atoms with Crippen LogP contribution < -0.4 is 5.32 Å². The topological polar surface area (TPSA) is 12.0 Å². The average Bonchev–Trinajstić information content (AvgIpc) is 2.18. The summed E-state index contributed by atoms with van der Waals surface area (Å²) in [5, 5.41) is 3.43. The van der Waals surface area contributed by atoms with Gasteiger partial charge >= 0.3 is 0 Å². The predicted molar refractivity (Wildman–Crippen MR) is 64.9 cm³/mol. The summed E-state index contributed by atoms with van der Waals surface area (Å²) < 4.78 is 13.8. The first-order valence-corrected chi connectivity index (χ1v) is 6.21. The zero-order valence-electron chi connectivity index (χ0n) is 10.1. The van der Waals surface area contributed by atoms with Crippen LogP contribution >= 0.6 is 0 Å². The summed E-state index contributed by atoms with van der Waals surface area (Å²) in [5.74, 6) is 0.555. The molecule has 1 aliphatic carbocycles. The maximum Gasteiger partial charge on any atom is 0.128 e. The molecule has 16 heavy (non-hydrogen) atoms. The monoisotopic (exact) mass is 221 g/mol. The third-order valence-corrected chi connectivity index (χ3v) is 3.53. The third-order valence-electron chi connectivity index (χ3n) is 3.53. The minimum Gasteiger partial charge on any atom is -0.310 e. The minimum absolute atomic E-state index is 0.0663. The second-order valence-corrected chi connectivity index (χ2v) is 4.75. The molecule has 1 aromatic carbocycles. The number of rotatable bonds is 4. The number of aryl methyl sites for hydroxylation is 1. The molecule has 1 saturated carbocycles. The molecule has 2 heteroatoms. The summed E-state index contributed by atoms with van der Waals surface area (Å²) in [6.45, 7) is 5.00. The highest BCUT2D eigenvalue weighted by molar-refractivity contribution is 5.27.